The number of amides is 1. The van der Waals surface area contributed by atoms with E-state index in [1.807, 2.05) is 4.90 Å². The number of hydrogen-bond acceptors (Lipinski definition) is 3. The minimum absolute atomic E-state index is 0.274. The Morgan fingerprint density at radius 1 is 1.18 bits per heavy atom. The van der Waals surface area contributed by atoms with Crippen LogP contribution >= 0.6 is 0 Å². The lowest BCUT2D eigenvalue weighted by Gasteiger charge is -2.36. The first-order chi connectivity index (χ1) is 10.6. The Morgan fingerprint density at radius 3 is 2.59 bits per heavy atom. The first kappa shape index (κ1) is 15.5. The largest absolute Gasteiger partial charge is 0.337 e. The van der Waals surface area contributed by atoms with Gasteiger partial charge < -0.3 is 9.80 Å². The summed E-state index contributed by atoms with van der Waals surface area (Å²) < 4.78 is 0. The Hall–Kier alpha value is -1.39. The van der Waals surface area contributed by atoms with Crippen molar-refractivity contribution in [2.45, 2.75) is 31.8 Å². The van der Waals surface area contributed by atoms with Crippen LogP contribution in [0.2, 0.25) is 0 Å². The molecule has 4 heteroatoms. The van der Waals surface area contributed by atoms with Gasteiger partial charge >= 0.3 is 0 Å². The summed E-state index contributed by atoms with van der Waals surface area (Å²) >= 11 is 0. The second-order valence-corrected chi connectivity index (χ2v) is 6.78. The Morgan fingerprint density at radius 2 is 1.86 bits per heavy atom. The lowest BCUT2D eigenvalue weighted by Crippen LogP contribution is -2.47. The molecular formula is C18H27N3O. The number of carbonyl (C=O) groups is 1. The summed E-state index contributed by atoms with van der Waals surface area (Å²) in [5, 5.41) is 0. The van der Waals surface area contributed by atoms with Crippen LogP contribution in [0.4, 0.5) is 0 Å². The normalized spacial score (nSPS) is 20.2. The van der Waals surface area contributed by atoms with E-state index >= 15 is 0 Å². The number of benzene rings is 1. The topological polar surface area (TPSA) is 26.8 Å². The van der Waals surface area contributed by atoms with Gasteiger partial charge in [0.1, 0.15) is 0 Å². The van der Waals surface area contributed by atoms with E-state index in [1.54, 1.807) is 0 Å². The fraction of sp³-hybridized carbons (Fsp3) is 0.611. The van der Waals surface area contributed by atoms with Crippen LogP contribution in [0.15, 0.2) is 24.3 Å². The summed E-state index contributed by atoms with van der Waals surface area (Å²) in [6, 6.07) is 9.04. The lowest BCUT2D eigenvalue weighted by molar-refractivity contribution is -0.133. The smallest absolute Gasteiger partial charge is 0.237 e. The summed E-state index contributed by atoms with van der Waals surface area (Å²) in [7, 11) is 4.28. The van der Waals surface area contributed by atoms with Crippen molar-refractivity contribution in [2.24, 2.45) is 0 Å². The monoisotopic (exact) mass is 301 g/mol. The molecule has 2 aliphatic rings. The molecule has 1 aromatic rings. The number of likely N-dealkylation sites (tertiary alicyclic amines) is 1. The Kier molecular flexibility index (Phi) is 4.79. The molecule has 2 aliphatic heterocycles. The van der Waals surface area contributed by atoms with Crippen LogP contribution in [0.3, 0.4) is 0 Å². The summed E-state index contributed by atoms with van der Waals surface area (Å²) in [5.41, 5.74) is 2.71. The summed E-state index contributed by atoms with van der Waals surface area (Å²) in [6.07, 6.45) is 3.33. The van der Waals surface area contributed by atoms with Crippen molar-refractivity contribution in [3.05, 3.63) is 35.4 Å². The zero-order valence-corrected chi connectivity index (χ0v) is 13.8. The Bertz CT molecular complexity index is 523. The molecule has 0 aromatic heterocycles. The number of carbonyl (C=O) groups excluding carboxylic acids is 1. The van der Waals surface area contributed by atoms with E-state index in [9.17, 15) is 4.79 Å². The lowest BCUT2D eigenvalue weighted by atomic mass is 10.00. The van der Waals surface area contributed by atoms with Crippen molar-refractivity contribution in [3.63, 3.8) is 0 Å². The van der Waals surface area contributed by atoms with Crippen LogP contribution in [0, 0.1) is 0 Å². The zero-order chi connectivity index (χ0) is 15.5. The van der Waals surface area contributed by atoms with Crippen LogP contribution in [-0.4, -0.2) is 66.9 Å². The van der Waals surface area contributed by atoms with E-state index < -0.39 is 0 Å². The molecule has 0 atom stereocenters. The van der Waals surface area contributed by atoms with Gasteiger partial charge in [0.05, 0.1) is 6.54 Å². The van der Waals surface area contributed by atoms with Crippen molar-refractivity contribution in [2.75, 3.05) is 40.3 Å². The average molecular weight is 301 g/mol. The van der Waals surface area contributed by atoms with E-state index in [-0.39, 0.29) is 5.91 Å². The second kappa shape index (κ2) is 6.80. The van der Waals surface area contributed by atoms with Gasteiger partial charge in [0.25, 0.3) is 0 Å². The maximum absolute atomic E-state index is 12.6. The van der Waals surface area contributed by atoms with E-state index in [1.165, 1.54) is 24.0 Å². The number of rotatable bonds is 3. The molecule has 0 bridgehead atoms. The van der Waals surface area contributed by atoms with E-state index in [0.29, 0.717) is 12.6 Å². The third kappa shape index (κ3) is 3.50. The molecule has 120 valence electrons. The highest BCUT2D eigenvalue weighted by molar-refractivity contribution is 5.78. The molecular weight excluding hydrogens is 274 g/mol. The molecule has 22 heavy (non-hydrogen) atoms. The van der Waals surface area contributed by atoms with E-state index in [0.717, 1.165) is 32.6 Å². The summed E-state index contributed by atoms with van der Waals surface area (Å²) in [5.74, 6) is 0.274. The average Bonchev–Trinajstić information content (AvgIpc) is 2.55. The third-order valence-electron chi connectivity index (χ3n) is 5.18. The van der Waals surface area contributed by atoms with E-state index in [2.05, 4.69) is 48.2 Å². The number of nitrogens with zero attached hydrogens (tertiary/aromatic N) is 3. The highest BCUT2D eigenvalue weighted by Gasteiger charge is 2.25. The van der Waals surface area contributed by atoms with Crippen molar-refractivity contribution in [1.29, 1.82) is 0 Å². The molecule has 0 saturated carbocycles. The van der Waals surface area contributed by atoms with Crippen LogP contribution in [0.1, 0.15) is 24.0 Å². The maximum Gasteiger partial charge on any atom is 0.237 e. The quantitative estimate of drug-likeness (QED) is 0.848. The van der Waals surface area contributed by atoms with Crippen LogP contribution in [-0.2, 0) is 17.8 Å². The van der Waals surface area contributed by atoms with Gasteiger partial charge in [0, 0.05) is 19.1 Å². The van der Waals surface area contributed by atoms with Gasteiger partial charge in [-0.05, 0) is 57.6 Å². The second-order valence-electron chi connectivity index (χ2n) is 6.78. The third-order valence-corrected chi connectivity index (χ3v) is 5.18. The number of piperidine rings is 1. The standard InChI is InChI=1S/C18H27N3O/c1-19-10-8-17(9-11-19)20(2)14-18(22)21-12-7-15-5-3-4-6-16(15)13-21/h3-6,17H,7-14H2,1-2H3. The van der Waals surface area contributed by atoms with Gasteiger partial charge in [-0.15, -0.1) is 0 Å². The Balaban J connectivity index is 1.54. The van der Waals surface area contributed by atoms with Crippen molar-refractivity contribution in [3.8, 4) is 0 Å². The summed E-state index contributed by atoms with van der Waals surface area (Å²) in [6.45, 7) is 4.46. The van der Waals surface area contributed by atoms with Crippen molar-refractivity contribution in [1.82, 2.24) is 14.7 Å². The molecule has 0 unspecified atom stereocenters. The first-order valence-electron chi connectivity index (χ1n) is 8.37. The molecule has 3 rings (SSSR count). The predicted octanol–water partition coefficient (Wildman–Crippen LogP) is 1.60. The SMILES string of the molecule is CN1CCC(N(C)CC(=O)N2CCc3ccccc3C2)CC1. The number of likely N-dealkylation sites (N-methyl/N-ethyl adjacent to an activating group) is 1. The highest BCUT2D eigenvalue weighted by Crippen LogP contribution is 2.19. The van der Waals surface area contributed by atoms with Crippen LogP contribution in [0.25, 0.3) is 0 Å². The molecule has 1 fully saturated rings. The molecule has 0 N–H and O–H groups in total. The minimum Gasteiger partial charge on any atom is -0.337 e. The Labute approximate surface area is 133 Å². The fourth-order valence-electron chi connectivity index (χ4n) is 3.59. The van der Waals surface area contributed by atoms with Gasteiger partial charge in [-0.3, -0.25) is 9.69 Å². The molecule has 0 spiro atoms. The van der Waals surface area contributed by atoms with Crippen LogP contribution in [0.5, 0.6) is 0 Å². The summed E-state index contributed by atoms with van der Waals surface area (Å²) in [4.78, 5) is 19.2. The van der Waals surface area contributed by atoms with Gasteiger partial charge in [-0.2, -0.15) is 0 Å². The van der Waals surface area contributed by atoms with Gasteiger partial charge in [0.15, 0.2) is 0 Å². The van der Waals surface area contributed by atoms with Gasteiger partial charge in [-0.25, -0.2) is 0 Å². The maximum atomic E-state index is 12.6. The van der Waals surface area contributed by atoms with E-state index in [4.69, 9.17) is 0 Å². The highest BCUT2D eigenvalue weighted by atomic mass is 16.2. The molecule has 2 heterocycles. The minimum atomic E-state index is 0.274. The van der Waals surface area contributed by atoms with Crippen molar-refractivity contribution >= 4 is 5.91 Å². The molecule has 1 saturated heterocycles. The predicted molar refractivity (Wildman–Crippen MR) is 88.7 cm³/mol. The number of hydrogen-bond donors (Lipinski definition) is 0. The number of fused-ring (bicyclic) bond motifs is 1. The molecule has 1 aromatic carbocycles. The van der Waals surface area contributed by atoms with Crippen LogP contribution < -0.4 is 0 Å². The first-order valence-corrected chi connectivity index (χ1v) is 8.37. The molecule has 0 aliphatic carbocycles. The fourth-order valence-corrected chi connectivity index (χ4v) is 3.59. The van der Waals surface area contributed by atoms with Crippen molar-refractivity contribution < 1.29 is 4.79 Å². The zero-order valence-electron chi connectivity index (χ0n) is 13.8. The molecule has 0 radical (unpaired) electrons. The molecule has 4 nitrogen and oxygen atoms in total. The van der Waals surface area contributed by atoms with Gasteiger partial charge in [-0.1, -0.05) is 24.3 Å². The van der Waals surface area contributed by atoms with Gasteiger partial charge in [0.2, 0.25) is 5.91 Å². The molecule has 1 amide bonds.